The molecular weight excluding hydrogens is 320 g/mol. The highest BCUT2D eigenvalue weighted by atomic mass is 16.6. The lowest BCUT2D eigenvalue weighted by molar-refractivity contribution is -0.129. The van der Waals surface area contributed by atoms with E-state index in [0.717, 1.165) is 5.56 Å². The molecule has 1 heterocycles. The highest BCUT2D eigenvalue weighted by Gasteiger charge is 2.24. The highest BCUT2D eigenvalue weighted by molar-refractivity contribution is 6.13. The lowest BCUT2D eigenvalue weighted by Gasteiger charge is -2.03. The van der Waals surface area contributed by atoms with Crippen molar-refractivity contribution >= 4 is 29.5 Å². The largest absolute Gasteiger partial charge is 0.496 e. The first kappa shape index (κ1) is 16.4. The predicted octanol–water partition coefficient (Wildman–Crippen LogP) is 3.00. The molecule has 6 nitrogen and oxygen atoms in total. The third-order valence-electron chi connectivity index (χ3n) is 3.50. The Morgan fingerprint density at radius 3 is 2.56 bits per heavy atom. The topological polar surface area (TPSA) is 77.0 Å². The second-order valence-corrected chi connectivity index (χ2v) is 5.34. The SMILES string of the molecule is COc1ccccc1C=C1N=C(c2ccc(NC(C)=O)cc2)OC1=O. The van der Waals surface area contributed by atoms with Crippen molar-refractivity contribution in [2.24, 2.45) is 4.99 Å². The molecule has 0 fully saturated rings. The number of nitrogens with zero attached hydrogens (tertiary/aromatic N) is 1. The summed E-state index contributed by atoms with van der Waals surface area (Å²) in [5, 5.41) is 2.67. The number of hydrogen-bond donors (Lipinski definition) is 1. The molecule has 1 aliphatic heterocycles. The number of para-hydroxylation sites is 1. The van der Waals surface area contributed by atoms with Gasteiger partial charge in [-0.05, 0) is 36.4 Å². The maximum atomic E-state index is 12.1. The number of aliphatic imine (C=N–C) groups is 1. The van der Waals surface area contributed by atoms with E-state index in [-0.39, 0.29) is 17.5 Å². The first-order valence-electron chi connectivity index (χ1n) is 7.60. The fourth-order valence-corrected chi connectivity index (χ4v) is 2.36. The van der Waals surface area contributed by atoms with Gasteiger partial charge in [0.2, 0.25) is 11.8 Å². The summed E-state index contributed by atoms with van der Waals surface area (Å²) in [4.78, 5) is 27.4. The quantitative estimate of drug-likeness (QED) is 0.688. The summed E-state index contributed by atoms with van der Waals surface area (Å²) in [7, 11) is 1.57. The number of carbonyl (C=O) groups excluding carboxylic acids is 2. The number of benzene rings is 2. The number of hydrogen-bond acceptors (Lipinski definition) is 5. The van der Waals surface area contributed by atoms with E-state index in [1.54, 1.807) is 43.5 Å². The van der Waals surface area contributed by atoms with E-state index in [2.05, 4.69) is 10.3 Å². The second-order valence-electron chi connectivity index (χ2n) is 5.34. The van der Waals surface area contributed by atoms with Crippen molar-refractivity contribution in [3.8, 4) is 5.75 Å². The van der Waals surface area contributed by atoms with Crippen molar-refractivity contribution in [1.82, 2.24) is 0 Å². The molecule has 126 valence electrons. The Labute approximate surface area is 144 Å². The van der Waals surface area contributed by atoms with Gasteiger partial charge in [-0.1, -0.05) is 18.2 Å². The number of rotatable bonds is 4. The van der Waals surface area contributed by atoms with Crippen molar-refractivity contribution in [2.45, 2.75) is 6.92 Å². The van der Waals surface area contributed by atoms with E-state index in [1.807, 2.05) is 18.2 Å². The highest BCUT2D eigenvalue weighted by Crippen LogP contribution is 2.24. The Hall–Kier alpha value is -3.41. The summed E-state index contributed by atoms with van der Waals surface area (Å²) in [5.74, 6) is 0.192. The van der Waals surface area contributed by atoms with Crippen molar-refractivity contribution in [3.05, 3.63) is 65.4 Å². The average molecular weight is 336 g/mol. The summed E-state index contributed by atoms with van der Waals surface area (Å²) in [6.45, 7) is 1.44. The molecule has 0 spiro atoms. The van der Waals surface area contributed by atoms with Crippen LogP contribution in [0, 0.1) is 0 Å². The molecular formula is C19H16N2O4. The van der Waals surface area contributed by atoms with Crippen molar-refractivity contribution in [2.75, 3.05) is 12.4 Å². The van der Waals surface area contributed by atoms with Crippen molar-refractivity contribution in [3.63, 3.8) is 0 Å². The maximum absolute atomic E-state index is 12.1. The molecule has 2 aromatic rings. The Kier molecular flexibility index (Phi) is 4.61. The van der Waals surface area contributed by atoms with Crippen LogP contribution in [-0.4, -0.2) is 24.9 Å². The number of ether oxygens (including phenoxy) is 2. The van der Waals surface area contributed by atoms with Crippen molar-refractivity contribution < 1.29 is 19.1 Å². The molecule has 0 saturated heterocycles. The van der Waals surface area contributed by atoms with Gasteiger partial charge in [-0.25, -0.2) is 9.79 Å². The third-order valence-corrected chi connectivity index (χ3v) is 3.50. The van der Waals surface area contributed by atoms with E-state index in [9.17, 15) is 9.59 Å². The molecule has 0 aliphatic carbocycles. The molecule has 2 aromatic carbocycles. The molecule has 1 amide bonds. The molecule has 25 heavy (non-hydrogen) atoms. The van der Waals surface area contributed by atoms with Crippen LogP contribution in [0.5, 0.6) is 5.75 Å². The fourth-order valence-electron chi connectivity index (χ4n) is 2.36. The Morgan fingerprint density at radius 2 is 1.88 bits per heavy atom. The smallest absolute Gasteiger partial charge is 0.363 e. The number of carbonyl (C=O) groups is 2. The van der Waals surface area contributed by atoms with Crippen LogP contribution in [0.2, 0.25) is 0 Å². The van der Waals surface area contributed by atoms with Gasteiger partial charge in [0.1, 0.15) is 5.75 Å². The zero-order valence-corrected chi connectivity index (χ0v) is 13.8. The summed E-state index contributed by atoms with van der Waals surface area (Å²) < 4.78 is 10.5. The Balaban J connectivity index is 1.87. The average Bonchev–Trinajstić information content (AvgIpc) is 2.96. The van der Waals surface area contributed by atoms with Gasteiger partial charge in [-0.3, -0.25) is 4.79 Å². The van der Waals surface area contributed by atoms with Gasteiger partial charge < -0.3 is 14.8 Å². The van der Waals surface area contributed by atoms with Gasteiger partial charge in [0.05, 0.1) is 7.11 Å². The molecule has 1 aliphatic rings. The van der Waals surface area contributed by atoms with Gasteiger partial charge in [0.25, 0.3) is 0 Å². The van der Waals surface area contributed by atoms with E-state index in [0.29, 0.717) is 17.0 Å². The van der Waals surface area contributed by atoms with Crippen molar-refractivity contribution in [1.29, 1.82) is 0 Å². The second kappa shape index (κ2) is 7.00. The first-order valence-corrected chi connectivity index (χ1v) is 7.60. The summed E-state index contributed by atoms with van der Waals surface area (Å²) in [6, 6.07) is 14.2. The predicted molar refractivity (Wildman–Crippen MR) is 94.3 cm³/mol. The summed E-state index contributed by atoms with van der Waals surface area (Å²) in [6.07, 6.45) is 1.62. The van der Waals surface area contributed by atoms with Crippen LogP contribution in [0.1, 0.15) is 18.1 Å². The number of nitrogens with one attached hydrogen (secondary N) is 1. The summed E-state index contributed by atoms with van der Waals surface area (Å²) in [5.41, 5.74) is 2.24. The minimum atomic E-state index is -0.521. The molecule has 0 aromatic heterocycles. The van der Waals surface area contributed by atoms with Gasteiger partial charge >= 0.3 is 5.97 Å². The number of anilines is 1. The van der Waals surface area contributed by atoms with Gasteiger partial charge in [0, 0.05) is 23.7 Å². The van der Waals surface area contributed by atoms with Crippen LogP contribution < -0.4 is 10.1 Å². The maximum Gasteiger partial charge on any atom is 0.363 e. The minimum Gasteiger partial charge on any atom is -0.496 e. The minimum absolute atomic E-state index is 0.153. The molecule has 1 N–H and O–H groups in total. The van der Waals surface area contributed by atoms with Crippen LogP contribution in [0.3, 0.4) is 0 Å². The van der Waals surface area contributed by atoms with E-state index < -0.39 is 5.97 Å². The zero-order chi connectivity index (χ0) is 17.8. The van der Waals surface area contributed by atoms with Crippen LogP contribution in [-0.2, 0) is 14.3 Å². The van der Waals surface area contributed by atoms with Gasteiger partial charge in [-0.15, -0.1) is 0 Å². The molecule has 0 saturated carbocycles. The van der Waals surface area contributed by atoms with E-state index >= 15 is 0 Å². The molecule has 6 heteroatoms. The molecule has 0 atom stereocenters. The molecule has 0 radical (unpaired) electrons. The number of amides is 1. The van der Waals surface area contributed by atoms with Crippen LogP contribution in [0.4, 0.5) is 5.69 Å². The summed E-state index contributed by atoms with van der Waals surface area (Å²) >= 11 is 0. The molecule has 0 bridgehead atoms. The lowest BCUT2D eigenvalue weighted by Crippen LogP contribution is -2.07. The lowest BCUT2D eigenvalue weighted by atomic mass is 10.1. The third kappa shape index (κ3) is 3.74. The monoisotopic (exact) mass is 336 g/mol. The van der Waals surface area contributed by atoms with Crippen LogP contribution in [0.15, 0.2) is 59.2 Å². The fraction of sp³-hybridized carbons (Fsp3) is 0.105. The van der Waals surface area contributed by atoms with Crippen LogP contribution in [0.25, 0.3) is 6.08 Å². The molecule has 0 unspecified atom stereocenters. The first-order chi connectivity index (χ1) is 12.1. The number of methoxy groups -OCH3 is 1. The van der Waals surface area contributed by atoms with E-state index in [1.165, 1.54) is 6.92 Å². The standard InChI is InChI=1S/C19H16N2O4/c1-12(22)20-15-9-7-13(8-10-15)18-21-16(19(23)25-18)11-14-5-3-4-6-17(14)24-2/h3-11H,1-2H3,(H,20,22). The number of esters is 1. The number of cyclic esters (lactones) is 1. The van der Waals surface area contributed by atoms with Crippen LogP contribution >= 0.6 is 0 Å². The zero-order valence-electron chi connectivity index (χ0n) is 13.8. The molecule has 3 rings (SSSR count). The normalized spacial score (nSPS) is 14.9. The Bertz CT molecular complexity index is 883. The van der Waals surface area contributed by atoms with E-state index in [4.69, 9.17) is 9.47 Å². The van der Waals surface area contributed by atoms with Gasteiger partial charge in [-0.2, -0.15) is 0 Å². The van der Waals surface area contributed by atoms with Gasteiger partial charge in [0.15, 0.2) is 5.70 Å². The Morgan fingerprint density at radius 1 is 1.16 bits per heavy atom.